The molecule has 0 radical (unpaired) electrons. The molecular formula is C13H13N3O. The van der Waals surface area contributed by atoms with Gasteiger partial charge in [-0.25, -0.2) is 9.97 Å². The number of nitrogens with zero attached hydrogens (tertiary/aromatic N) is 2. The third kappa shape index (κ3) is 1.76. The maximum Gasteiger partial charge on any atom is 0.127 e. The van der Waals surface area contributed by atoms with Crippen LogP contribution in [0.4, 0.5) is 0 Å². The van der Waals surface area contributed by atoms with E-state index in [2.05, 4.69) is 16.0 Å². The van der Waals surface area contributed by atoms with Crippen LogP contribution in [0.25, 0.3) is 0 Å². The van der Waals surface area contributed by atoms with Crippen LogP contribution in [0.3, 0.4) is 0 Å². The van der Waals surface area contributed by atoms with Crippen LogP contribution in [0.2, 0.25) is 0 Å². The van der Waals surface area contributed by atoms with Gasteiger partial charge in [-0.3, -0.25) is 0 Å². The molecule has 0 amide bonds. The first-order chi connectivity index (χ1) is 8.36. The van der Waals surface area contributed by atoms with Crippen molar-refractivity contribution in [2.24, 2.45) is 5.73 Å². The van der Waals surface area contributed by atoms with Crippen LogP contribution < -0.4 is 10.5 Å². The summed E-state index contributed by atoms with van der Waals surface area (Å²) in [6, 6.07) is 7.67. The topological polar surface area (TPSA) is 61.0 Å². The lowest BCUT2D eigenvalue weighted by Crippen LogP contribution is -2.14. The Kier molecular flexibility index (Phi) is 2.49. The molecule has 0 aliphatic carbocycles. The van der Waals surface area contributed by atoms with E-state index >= 15 is 0 Å². The van der Waals surface area contributed by atoms with Crippen LogP contribution in [0, 0.1) is 0 Å². The Hall–Kier alpha value is -1.94. The highest BCUT2D eigenvalue weighted by Gasteiger charge is 2.21. The van der Waals surface area contributed by atoms with Crippen LogP contribution >= 0.6 is 0 Å². The van der Waals surface area contributed by atoms with Crippen LogP contribution in [0.5, 0.6) is 5.75 Å². The highest BCUT2D eigenvalue weighted by atomic mass is 16.5. The summed E-state index contributed by atoms with van der Waals surface area (Å²) in [4.78, 5) is 8.08. The Morgan fingerprint density at radius 3 is 3.06 bits per heavy atom. The fourth-order valence-electron chi connectivity index (χ4n) is 2.13. The van der Waals surface area contributed by atoms with Crippen molar-refractivity contribution < 1.29 is 4.74 Å². The molecule has 0 bridgehead atoms. The highest BCUT2D eigenvalue weighted by molar-refractivity contribution is 5.47. The first kappa shape index (κ1) is 10.2. The lowest BCUT2D eigenvalue weighted by Gasteiger charge is -2.14. The maximum atomic E-state index is 6.22. The van der Waals surface area contributed by atoms with Crippen LogP contribution in [0.1, 0.15) is 22.9 Å². The van der Waals surface area contributed by atoms with Gasteiger partial charge in [-0.2, -0.15) is 0 Å². The lowest BCUT2D eigenvalue weighted by molar-refractivity contribution is 0.352. The molecule has 0 saturated carbocycles. The summed E-state index contributed by atoms with van der Waals surface area (Å²) in [7, 11) is 0. The second-order valence-electron chi connectivity index (χ2n) is 4.05. The van der Waals surface area contributed by atoms with Gasteiger partial charge < -0.3 is 10.5 Å². The number of hydrogen-bond donors (Lipinski definition) is 1. The largest absolute Gasteiger partial charge is 0.493 e. The van der Waals surface area contributed by atoms with Gasteiger partial charge in [0.15, 0.2) is 0 Å². The van der Waals surface area contributed by atoms with E-state index < -0.39 is 0 Å². The third-order valence-corrected chi connectivity index (χ3v) is 3.00. The normalized spacial score (nSPS) is 15.1. The average molecular weight is 227 g/mol. The van der Waals surface area contributed by atoms with Gasteiger partial charge in [-0.15, -0.1) is 0 Å². The molecule has 0 fully saturated rings. The third-order valence-electron chi connectivity index (χ3n) is 3.00. The number of benzene rings is 1. The Morgan fingerprint density at radius 1 is 1.29 bits per heavy atom. The zero-order valence-corrected chi connectivity index (χ0v) is 9.34. The molecule has 4 nitrogen and oxygen atoms in total. The molecule has 1 aliphatic rings. The van der Waals surface area contributed by atoms with E-state index in [1.54, 1.807) is 6.20 Å². The van der Waals surface area contributed by atoms with Crippen molar-refractivity contribution in [1.82, 2.24) is 9.97 Å². The maximum absolute atomic E-state index is 6.22. The van der Waals surface area contributed by atoms with E-state index in [1.807, 2.05) is 18.2 Å². The molecule has 1 aromatic carbocycles. The molecule has 0 saturated heterocycles. The molecule has 1 unspecified atom stereocenters. The fraction of sp³-hybridized carbons (Fsp3) is 0.231. The molecule has 2 N–H and O–H groups in total. The van der Waals surface area contributed by atoms with Gasteiger partial charge in [-0.1, -0.05) is 18.2 Å². The van der Waals surface area contributed by atoms with Gasteiger partial charge in [0, 0.05) is 18.2 Å². The van der Waals surface area contributed by atoms with Crippen molar-refractivity contribution in [2.45, 2.75) is 12.5 Å². The van der Waals surface area contributed by atoms with Gasteiger partial charge in [0.1, 0.15) is 12.1 Å². The molecule has 4 heteroatoms. The van der Waals surface area contributed by atoms with Crippen molar-refractivity contribution in [3.63, 3.8) is 0 Å². The Labute approximate surface area is 99.5 Å². The Bertz CT molecular complexity index is 527. The highest BCUT2D eigenvalue weighted by Crippen LogP contribution is 2.34. The zero-order valence-electron chi connectivity index (χ0n) is 9.34. The number of aromatic nitrogens is 2. The van der Waals surface area contributed by atoms with E-state index in [9.17, 15) is 0 Å². The van der Waals surface area contributed by atoms with Crippen LogP contribution in [-0.4, -0.2) is 16.6 Å². The van der Waals surface area contributed by atoms with Crippen molar-refractivity contribution >= 4 is 0 Å². The van der Waals surface area contributed by atoms with Gasteiger partial charge in [0.2, 0.25) is 0 Å². The number of rotatable bonds is 2. The zero-order chi connectivity index (χ0) is 11.7. The van der Waals surface area contributed by atoms with Crippen molar-refractivity contribution in [3.05, 3.63) is 53.6 Å². The van der Waals surface area contributed by atoms with Crippen LogP contribution in [0.15, 0.2) is 36.8 Å². The second-order valence-corrected chi connectivity index (χ2v) is 4.05. The fourth-order valence-corrected chi connectivity index (χ4v) is 2.13. The van der Waals surface area contributed by atoms with E-state index in [1.165, 1.54) is 11.9 Å². The molecular weight excluding hydrogens is 214 g/mol. The van der Waals surface area contributed by atoms with Gasteiger partial charge in [-0.05, 0) is 11.6 Å². The van der Waals surface area contributed by atoms with Crippen molar-refractivity contribution in [1.29, 1.82) is 0 Å². The van der Waals surface area contributed by atoms with Gasteiger partial charge in [0.25, 0.3) is 0 Å². The number of nitrogens with two attached hydrogens (primary N) is 1. The molecule has 1 aromatic heterocycles. The molecule has 17 heavy (non-hydrogen) atoms. The summed E-state index contributed by atoms with van der Waals surface area (Å²) in [6.45, 7) is 0.739. The van der Waals surface area contributed by atoms with E-state index in [0.717, 1.165) is 30.0 Å². The number of hydrogen-bond acceptors (Lipinski definition) is 4. The second kappa shape index (κ2) is 4.14. The minimum absolute atomic E-state index is 0.258. The Balaban J connectivity index is 2.03. The summed E-state index contributed by atoms with van der Waals surface area (Å²) >= 11 is 0. The minimum Gasteiger partial charge on any atom is -0.493 e. The van der Waals surface area contributed by atoms with Crippen LogP contribution in [-0.2, 0) is 6.42 Å². The first-order valence-corrected chi connectivity index (χ1v) is 5.62. The summed E-state index contributed by atoms with van der Waals surface area (Å²) in [5, 5.41) is 0. The predicted octanol–water partition coefficient (Wildman–Crippen LogP) is 1.46. The molecule has 1 aliphatic heterocycles. The predicted molar refractivity (Wildman–Crippen MR) is 63.7 cm³/mol. The summed E-state index contributed by atoms with van der Waals surface area (Å²) in [5.41, 5.74) is 9.26. The molecule has 2 aromatic rings. The standard InChI is InChI=1S/C13H13N3O/c14-12(11-4-6-15-8-16-11)10-3-1-2-9-5-7-17-13(9)10/h1-4,6,8,12H,5,7,14H2. The van der Waals surface area contributed by atoms with E-state index in [0.29, 0.717) is 0 Å². The van der Waals surface area contributed by atoms with Gasteiger partial charge >= 0.3 is 0 Å². The summed E-state index contributed by atoms with van der Waals surface area (Å²) in [5.74, 6) is 0.929. The van der Waals surface area contributed by atoms with E-state index in [4.69, 9.17) is 10.5 Å². The quantitative estimate of drug-likeness (QED) is 0.843. The molecule has 3 rings (SSSR count). The molecule has 2 heterocycles. The number of fused-ring (bicyclic) bond motifs is 1. The average Bonchev–Trinajstić information content (AvgIpc) is 2.87. The smallest absolute Gasteiger partial charge is 0.127 e. The minimum atomic E-state index is -0.258. The van der Waals surface area contributed by atoms with Crippen molar-refractivity contribution in [3.8, 4) is 5.75 Å². The summed E-state index contributed by atoms with van der Waals surface area (Å²) < 4.78 is 5.65. The lowest BCUT2D eigenvalue weighted by atomic mass is 10.00. The number of ether oxygens (including phenoxy) is 1. The molecule has 86 valence electrons. The summed E-state index contributed by atoms with van der Waals surface area (Å²) in [6.07, 6.45) is 4.17. The van der Waals surface area contributed by atoms with E-state index in [-0.39, 0.29) is 6.04 Å². The van der Waals surface area contributed by atoms with Gasteiger partial charge in [0.05, 0.1) is 18.3 Å². The monoisotopic (exact) mass is 227 g/mol. The number of para-hydroxylation sites is 1. The van der Waals surface area contributed by atoms with Crippen molar-refractivity contribution in [2.75, 3.05) is 6.61 Å². The Morgan fingerprint density at radius 2 is 2.24 bits per heavy atom. The first-order valence-electron chi connectivity index (χ1n) is 5.62. The molecule has 0 spiro atoms. The SMILES string of the molecule is NC(c1ccncn1)c1cccc2c1OCC2. The molecule has 1 atom stereocenters.